The molecule has 0 radical (unpaired) electrons. The maximum Gasteiger partial charge on any atom is 0.242 e. The van der Waals surface area contributed by atoms with Crippen LogP contribution < -0.4 is 10.6 Å². The van der Waals surface area contributed by atoms with Gasteiger partial charge < -0.3 is 15.7 Å². The Hall–Kier alpha value is -1.10. The van der Waals surface area contributed by atoms with Gasteiger partial charge in [0.2, 0.25) is 11.8 Å². The van der Waals surface area contributed by atoms with Gasteiger partial charge in [-0.15, -0.1) is 0 Å². The predicted molar refractivity (Wildman–Crippen MR) is 78.0 cm³/mol. The zero-order valence-electron chi connectivity index (χ0n) is 13.0. The molecule has 5 heteroatoms. The maximum absolute atomic E-state index is 11.9. The first-order chi connectivity index (χ1) is 9.21. The van der Waals surface area contributed by atoms with Crippen molar-refractivity contribution in [3.8, 4) is 0 Å². The molecule has 1 aliphatic rings. The molecule has 20 heavy (non-hydrogen) atoms. The highest BCUT2D eigenvalue weighted by Crippen LogP contribution is 2.27. The lowest BCUT2D eigenvalue weighted by Gasteiger charge is -2.23. The van der Waals surface area contributed by atoms with Crippen molar-refractivity contribution in [1.82, 2.24) is 10.6 Å². The van der Waals surface area contributed by atoms with E-state index in [0.29, 0.717) is 5.92 Å². The zero-order valence-corrected chi connectivity index (χ0v) is 13.0. The van der Waals surface area contributed by atoms with Crippen molar-refractivity contribution in [2.24, 2.45) is 11.3 Å². The van der Waals surface area contributed by atoms with Gasteiger partial charge in [0.25, 0.3) is 0 Å². The van der Waals surface area contributed by atoms with Crippen LogP contribution in [-0.4, -0.2) is 35.6 Å². The van der Waals surface area contributed by atoms with Gasteiger partial charge in [-0.3, -0.25) is 9.59 Å². The van der Waals surface area contributed by atoms with Crippen molar-refractivity contribution >= 4 is 11.8 Å². The lowest BCUT2D eigenvalue weighted by Crippen LogP contribution is -2.49. The van der Waals surface area contributed by atoms with Gasteiger partial charge in [-0.1, -0.05) is 33.6 Å². The Morgan fingerprint density at radius 1 is 1.25 bits per heavy atom. The fraction of sp³-hybridized carbons (Fsp3) is 0.867. The van der Waals surface area contributed by atoms with Crippen LogP contribution in [0.3, 0.4) is 0 Å². The van der Waals surface area contributed by atoms with E-state index in [2.05, 4.69) is 10.6 Å². The minimum atomic E-state index is -0.586. The monoisotopic (exact) mass is 284 g/mol. The van der Waals surface area contributed by atoms with Gasteiger partial charge in [0, 0.05) is 12.0 Å². The minimum Gasteiger partial charge on any atom is -0.391 e. The summed E-state index contributed by atoms with van der Waals surface area (Å²) < 4.78 is 0. The molecule has 1 saturated carbocycles. The lowest BCUT2D eigenvalue weighted by molar-refractivity contribution is -0.133. The SMILES string of the molecule is CC(NC(=O)C(C)(C)C)C(=O)NCC(O)C1CCCC1. The molecule has 0 heterocycles. The Labute approximate surface area is 121 Å². The number of nitrogens with one attached hydrogen (secondary N) is 2. The zero-order chi connectivity index (χ0) is 15.3. The van der Waals surface area contributed by atoms with Crippen LogP contribution in [0.25, 0.3) is 0 Å². The van der Waals surface area contributed by atoms with Crippen molar-refractivity contribution in [2.75, 3.05) is 6.54 Å². The molecule has 1 fully saturated rings. The molecule has 2 unspecified atom stereocenters. The average molecular weight is 284 g/mol. The van der Waals surface area contributed by atoms with Crippen molar-refractivity contribution < 1.29 is 14.7 Å². The van der Waals surface area contributed by atoms with Gasteiger partial charge in [-0.25, -0.2) is 0 Å². The maximum atomic E-state index is 11.9. The van der Waals surface area contributed by atoms with E-state index in [0.717, 1.165) is 25.7 Å². The summed E-state index contributed by atoms with van der Waals surface area (Å²) in [7, 11) is 0. The summed E-state index contributed by atoms with van der Waals surface area (Å²) in [6, 6.07) is -0.586. The second-order valence-electron chi connectivity index (χ2n) is 6.80. The van der Waals surface area contributed by atoms with E-state index in [1.807, 2.05) is 0 Å². The fourth-order valence-corrected chi connectivity index (χ4v) is 2.35. The number of aliphatic hydroxyl groups excluding tert-OH is 1. The highest BCUT2D eigenvalue weighted by Gasteiger charge is 2.26. The van der Waals surface area contributed by atoms with Gasteiger partial charge in [-0.2, -0.15) is 0 Å². The number of hydrogen-bond acceptors (Lipinski definition) is 3. The van der Waals surface area contributed by atoms with Crippen LogP contribution in [0, 0.1) is 11.3 Å². The van der Waals surface area contributed by atoms with Crippen LogP contribution in [0.15, 0.2) is 0 Å². The minimum absolute atomic E-state index is 0.156. The Balaban J connectivity index is 2.32. The summed E-state index contributed by atoms with van der Waals surface area (Å²) in [6.45, 7) is 7.32. The Morgan fingerprint density at radius 3 is 2.30 bits per heavy atom. The Bertz CT molecular complexity index is 344. The Morgan fingerprint density at radius 2 is 1.80 bits per heavy atom. The van der Waals surface area contributed by atoms with Gasteiger partial charge in [0.05, 0.1) is 6.10 Å². The predicted octanol–water partition coefficient (Wildman–Crippen LogP) is 1.20. The molecule has 0 saturated heterocycles. The van der Waals surface area contributed by atoms with E-state index in [4.69, 9.17) is 0 Å². The molecule has 2 atom stereocenters. The molecule has 3 N–H and O–H groups in total. The standard InChI is InChI=1S/C15H28N2O3/c1-10(17-14(20)15(2,3)4)13(19)16-9-12(18)11-7-5-6-8-11/h10-12,18H,5-9H2,1-4H3,(H,16,19)(H,17,20). The smallest absolute Gasteiger partial charge is 0.242 e. The molecule has 0 aromatic rings. The first kappa shape index (κ1) is 17.0. The molecule has 0 bridgehead atoms. The first-order valence-electron chi connectivity index (χ1n) is 7.48. The first-order valence-corrected chi connectivity index (χ1v) is 7.48. The molecule has 1 rings (SSSR count). The van der Waals surface area contributed by atoms with Crippen LogP contribution >= 0.6 is 0 Å². The largest absolute Gasteiger partial charge is 0.391 e. The number of amides is 2. The molecule has 1 aliphatic carbocycles. The van der Waals surface area contributed by atoms with Gasteiger partial charge in [0.15, 0.2) is 0 Å². The van der Waals surface area contributed by atoms with Crippen molar-refractivity contribution in [3.05, 3.63) is 0 Å². The van der Waals surface area contributed by atoms with E-state index in [1.165, 1.54) is 0 Å². The third-order valence-corrected chi connectivity index (χ3v) is 3.85. The highest BCUT2D eigenvalue weighted by molar-refractivity contribution is 5.89. The summed E-state index contributed by atoms with van der Waals surface area (Å²) in [6.07, 6.45) is 3.91. The van der Waals surface area contributed by atoms with Crippen molar-refractivity contribution in [3.63, 3.8) is 0 Å². The van der Waals surface area contributed by atoms with Crippen LogP contribution in [0.2, 0.25) is 0 Å². The quantitative estimate of drug-likeness (QED) is 0.710. The topological polar surface area (TPSA) is 78.4 Å². The molecular weight excluding hydrogens is 256 g/mol. The van der Waals surface area contributed by atoms with Crippen LogP contribution in [0.4, 0.5) is 0 Å². The second kappa shape index (κ2) is 7.07. The van der Waals surface area contributed by atoms with Crippen molar-refractivity contribution in [1.29, 1.82) is 0 Å². The summed E-state index contributed by atoms with van der Waals surface area (Å²) in [5.41, 5.74) is -0.516. The summed E-state index contributed by atoms with van der Waals surface area (Å²) in [5, 5.41) is 15.4. The number of carbonyl (C=O) groups excluding carboxylic acids is 2. The molecule has 0 aromatic carbocycles. The Kier molecular flexibility index (Phi) is 5.99. The summed E-state index contributed by atoms with van der Waals surface area (Å²) in [5.74, 6) is -0.106. The molecule has 0 spiro atoms. The van der Waals surface area contributed by atoms with Gasteiger partial charge in [-0.05, 0) is 25.7 Å². The summed E-state index contributed by atoms with van der Waals surface area (Å²) in [4.78, 5) is 23.7. The van der Waals surface area contributed by atoms with E-state index < -0.39 is 17.6 Å². The van der Waals surface area contributed by atoms with Crippen LogP contribution in [0.1, 0.15) is 53.4 Å². The van der Waals surface area contributed by atoms with E-state index in [-0.39, 0.29) is 18.4 Å². The molecule has 116 valence electrons. The second-order valence-corrected chi connectivity index (χ2v) is 6.80. The molecule has 0 aliphatic heterocycles. The number of carbonyl (C=O) groups is 2. The third-order valence-electron chi connectivity index (χ3n) is 3.85. The van der Waals surface area contributed by atoms with E-state index in [1.54, 1.807) is 27.7 Å². The molecule has 0 aromatic heterocycles. The average Bonchev–Trinajstić information content (AvgIpc) is 2.87. The van der Waals surface area contributed by atoms with E-state index >= 15 is 0 Å². The number of aliphatic hydroxyl groups is 1. The molecule has 5 nitrogen and oxygen atoms in total. The fourth-order valence-electron chi connectivity index (χ4n) is 2.35. The van der Waals surface area contributed by atoms with E-state index in [9.17, 15) is 14.7 Å². The van der Waals surface area contributed by atoms with Crippen molar-refractivity contribution in [2.45, 2.75) is 65.5 Å². The van der Waals surface area contributed by atoms with Crippen LogP contribution in [-0.2, 0) is 9.59 Å². The normalized spacial score (nSPS) is 19.4. The van der Waals surface area contributed by atoms with Gasteiger partial charge >= 0.3 is 0 Å². The molecule has 2 amide bonds. The third kappa shape index (κ3) is 5.12. The highest BCUT2D eigenvalue weighted by atomic mass is 16.3. The number of rotatable bonds is 5. The lowest BCUT2D eigenvalue weighted by atomic mass is 9.95. The van der Waals surface area contributed by atoms with Gasteiger partial charge in [0.1, 0.15) is 6.04 Å². The summed E-state index contributed by atoms with van der Waals surface area (Å²) >= 11 is 0. The molecular formula is C15H28N2O3. The van der Waals surface area contributed by atoms with Crippen LogP contribution in [0.5, 0.6) is 0 Å². The number of hydrogen-bond donors (Lipinski definition) is 3.